The molecule has 2 heteroatoms. The topological polar surface area (TPSA) is 15.3 Å². The van der Waals surface area contributed by atoms with Crippen LogP contribution in [0.4, 0.5) is 0 Å². The first-order chi connectivity index (χ1) is 7.90. The second kappa shape index (κ2) is 5.69. The van der Waals surface area contributed by atoms with Crippen LogP contribution in [-0.4, -0.2) is 31.1 Å². The summed E-state index contributed by atoms with van der Waals surface area (Å²) in [6.07, 6.45) is 6.36. The van der Waals surface area contributed by atoms with Crippen molar-refractivity contribution in [2.75, 3.05) is 26.2 Å². The van der Waals surface area contributed by atoms with E-state index in [2.05, 4.69) is 40.4 Å². The first kappa shape index (κ1) is 11.2. The van der Waals surface area contributed by atoms with Gasteiger partial charge in [-0.05, 0) is 17.5 Å². The third kappa shape index (κ3) is 2.85. The molecule has 0 aliphatic carbocycles. The van der Waals surface area contributed by atoms with E-state index in [1.165, 1.54) is 17.5 Å². The highest BCUT2D eigenvalue weighted by atomic mass is 15.1. The van der Waals surface area contributed by atoms with Crippen molar-refractivity contribution >= 4 is 0 Å². The third-order valence-electron chi connectivity index (χ3n) is 3.04. The van der Waals surface area contributed by atoms with Crippen LogP contribution < -0.4 is 5.32 Å². The van der Waals surface area contributed by atoms with Crippen molar-refractivity contribution in [3.63, 3.8) is 0 Å². The van der Waals surface area contributed by atoms with Crippen LogP contribution in [0, 0.1) is 12.3 Å². The molecule has 0 fully saturated rings. The Morgan fingerprint density at radius 2 is 2.12 bits per heavy atom. The van der Waals surface area contributed by atoms with E-state index >= 15 is 0 Å². The number of hydrogen-bond donors (Lipinski definition) is 1. The SMILES string of the molecule is C#CCNCCN1CCc2ccccc2C1. The van der Waals surface area contributed by atoms with Gasteiger partial charge in [0.05, 0.1) is 6.54 Å². The molecule has 0 saturated carbocycles. The van der Waals surface area contributed by atoms with Crippen molar-refractivity contribution in [2.45, 2.75) is 13.0 Å². The van der Waals surface area contributed by atoms with Crippen molar-refractivity contribution < 1.29 is 0 Å². The molecule has 2 rings (SSSR count). The molecule has 0 spiro atoms. The summed E-state index contributed by atoms with van der Waals surface area (Å²) in [5, 5.41) is 3.23. The maximum absolute atomic E-state index is 5.18. The Bertz CT molecular complexity index is 379. The summed E-state index contributed by atoms with van der Waals surface area (Å²) in [7, 11) is 0. The minimum Gasteiger partial charge on any atom is -0.305 e. The van der Waals surface area contributed by atoms with Gasteiger partial charge in [0, 0.05) is 26.2 Å². The van der Waals surface area contributed by atoms with E-state index in [1.807, 2.05) is 0 Å². The van der Waals surface area contributed by atoms with Crippen LogP contribution in [0.3, 0.4) is 0 Å². The molecule has 84 valence electrons. The van der Waals surface area contributed by atoms with E-state index in [-0.39, 0.29) is 0 Å². The molecular formula is C14H18N2. The van der Waals surface area contributed by atoms with Crippen LogP contribution in [0.1, 0.15) is 11.1 Å². The Morgan fingerprint density at radius 3 is 2.94 bits per heavy atom. The number of rotatable bonds is 4. The number of nitrogens with one attached hydrogen (secondary N) is 1. The van der Waals surface area contributed by atoms with Gasteiger partial charge in [-0.15, -0.1) is 6.42 Å². The monoisotopic (exact) mass is 214 g/mol. The van der Waals surface area contributed by atoms with Crippen molar-refractivity contribution in [3.8, 4) is 12.3 Å². The first-order valence-corrected chi connectivity index (χ1v) is 5.83. The second-order valence-corrected chi connectivity index (χ2v) is 4.18. The molecule has 1 aromatic carbocycles. The zero-order valence-electron chi connectivity index (χ0n) is 9.58. The lowest BCUT2D eigenvalue weighted by atomic mass is 10.00. The fraction of sp³-hybridized carbons (Fsp3) is 0.429. The lowest BCUT2D eigenvalue weighted by molar-refractivity contribution is 0.255. The van der Waals surface area contributed by atoms with E-state index in [0.717, 1.165) is 26.2 Å². The predicted molar refractivity (Wildman–Crippen MR) is 67.1 cm³/mol. The number of benzene rings is 1. The van der Waals surface area contributed by atoms with E-state index in [4.69, 9.17) is 6.42 Å². The zero-order chi connectivity index (χ0) is 11.2. The van der Waals surface area contributed by atoms with Gasteiger partial charge in [0.2, 0.25) is 0 Å². The molecule has 16 heavy (non-hydrogen) atoms. The Balaban J connectivity index is 1.82. The molecule has 0 saturated heterocycles. The number of fused-ring (bicyclic) bond motifs is 1. The van der Waals surface area contributed by atoms with E-state index < -0.39 is 0 Å². The minimum atomic E-state index is 0.671. The number of hydrogen-bond acceptors (Lipinski definition) is 2. The Kier molecular flexibility index (Phi) is 3.98. The van der Waals surface area contributed by atoms with E-state index in [0.29, 0.717) is 6.54 Å². The molecule has 1 aliphatic heterocycles. The van der Waals surface area contributed by atoms with Crippen LogP contribution in [-0.2, 0) is 13.0 Å². The molecule has 0 amide bonds. The Labute approximate surface area is 97.7 Å². The summed E-state index contributed by atoms with van der Waals surface area (Å²) >= 11 is 0. The Hall–Kier alpha value is -1.30. The maximum atomic E-state index is 5.18. The normalized spacial score (nSPS) is 15.4. The molecule has 0 radical (unpaired) electrons. The van der Waals surface area contributed by atoms with Crippen LogP contribution in [0.5, 0.6) is 0 Å². The van der Waals surface area contributed by atoms with Gasteiger partial charge < -0.3 is 5.32 Å². The molecule has 0 unspecified atom stereocenters. The van der Waals surface area contributed by atoms with Gasteiger partial charge in [0.25, 0.3) is 0 Å². The summed E-state index contributed by atoms with van der Waals surface area (Å²) in [5.41, 5.74) is 2.99. The standard InChI is InChI=1S/C14H18N2/c1-2-8-15-9-11-16-10-7-13-5-3-4-6-14(13)12-16/h1,3-6,15H,7-12H2. The van der Waals surface area contributed by atoms with Crippen LogP contribution >= 0.6 is 0 Å². The molecule has 0 bridgehead atoms. The fourth-order valence-electron chi connectivity index (χ4n) is 2.14. The van der Waals surface area contributed by atoms with Gasteiger partial charge in [-0.1, -0.05) is 30.2 Å². The van der Waals surface area contributed by atoms with Gasteiger partial charge in [-0.2, -0.15) is 0 Å². The van der Waals surface area contributed by atoms with Crippen LogP contribution in [0.2, 0.25) is 0 Å². The summed E-state index contributed by atoms with van der Waals surface area (Å²) in [5.74, 6) is 2.59. The first-order valence-electron chi connectivity index (χ1n) is 5.83. The van der Waals surface area contributed by atoms with Crippen molar-refractivity contribution in [1.29, 1.82) is 0 Å². The lowest BCUT2D eigenvalue weighted by Crippen LogP contribution is -2.36. The zero-order valence-corrected chi connectivity index (χ0v) is 9.58. The molecule has 1 aromatic rings. The van der Waals surface area contributed by atoms with Gasteiger partial charge in [0.1, 0.15) is 0 Å². The highest BCUT2D eigenvalue weighted by Crippen LogP contribution is 2.17. The maximum Gasteiger partial charge on any atom is 0.0574 e. The molecule has 1 heterocycles. The molecule has 2 nitrogen and oxygen atoms in total. The largest absolute Gasteiger partial charge is 0.305 e. The van der Waals surface area contributed by atoms with Crippen molar-refractivity contribution in [3.05, 3.63) is 35.4 Å². The third-order valence-corrected chi connectivity index (χ3v) is 3.04. The second-order valence-electron chi connectivity index (χ2n) is 4.18. The van der Waals surface area contributed by atoms with Gasteiger partial charge in [-0.3, -0.25) is 4.90 Å². The fourth-order valence-corrected chi connectivity index (χ4v) is 2.14. The molecular weight excluding hydrogens is 196 g/mol. The highest BCUT2D eigenvalue weighted by molar-refractivity contribution is 5.28. The minimum absolute atomic E-state index is 0.671. The number of nitrogens with zero attached hydrogens (tertiary/aromatic N) is 1. The quantitative estimate of drug-likeness (QED) is 0.600. The van der Waals surface area contributed by atoms with Crippen LogP contribution in [0.25, 0.3) is 0 Å². The van der Waals surface area contributed by atoms with Gasteiger partial charge in [-0.25, -0.2) is 0 Å². The molecule has 0 aromatic heterocycles. The average molecular weight is 214 g/mol. The molecule has 1 N–H and O–H groups in total. The predicted octanol–water partition coefficient (Wildman–Crippen LogP) is 1.27. The van der Waals surface area contributed by atoms with Crippen molar-refractivity contribution in [2.24, 2.45) is 0 Å². The molecule has 1 aliphatic rings. The Morgan fingerprint density at radius 1 is 1.31 bits per heavy atom. The van der Waals surface area contributed by atoms with Gasteiger partial charge >= 0.3 is 0 Å². The average Bonchev–Trinajstić information content (AvgIpc) is 2.34. The molecule has 0 atom stereocenters. The van der Waals surface area contributed by atoms with Crippen molar-refractivity contribution in [1.82, 2.24) is 10.2 Å². The highest BCUT2D eigenvalue weighted by Gasteiger charge is 2.14. The summed E-state index contributed by atoms with van der Waals surface area (Å²) in [6.45, 7) is 4.97. The number of terminal acetylenes is 1. The van der Waals surface area contributed by atoms with E-state index in [1.54, 1.807) is 0 Å². The summed E-state index contributed by atoms with van der Waals surface area (Å²) in [4.78, 5) is 2.48. The van der Waals surface area contributed by atoms with Gasteiger partial charge in [0.15, 0.2) is 0 Å². The smallest absolute Gasteiger partial charge is 0.0574 e. The summed E-state index contributed by atoms with van der Waals surface area (Å²) in [6, 6.07) is 8.72. The van der Waals surface area contributed by atoms with Crippen LogP contribution in [0.15, 0.2) is 24.3 Å². The van der Waals surface area contributed by atoms with E-state index in [9.17, 15) is 0 Å². The lowest BCUT2D eigenvalue weighted by Gasteiger charge is -2.28. The summed E-state index contributed by atoms with van der Waals surface area (Å²) < 4.78 is 0.